The highest BCUT2D eigenvalue weighted by Crippen LogP contribution is 2.52. The standard InChI is InChI=1S/C22H27F3N2O4/c1-5-6-11-21(19(30)31)15-14(17(28)27(18(15)29)20(2,3)4)16(26-21)12-7-9-13(10-8-12)22(23,24)25/h7-10,14-16,26H,5-6,11H2,1-4H3,(H,30,31). The quantitative estimate of drug-likeness (QED) is 0.681. The zero-order chi connectivity index (χ0) is 23.4. The van der Waals surface area contributed by atoms with Crippen molar-refractivity contribution in [3.05, 3.63) is 35.4 Å². The highest BCUT2D eigenvalue weighted by Gasteiger charge is 2.69. The van der Waals surface area contributed by atoms with Crippen LogP contribution in [0.2, 0.25) is 0 Å². The fourth-order valence-corrected chi connectivity index (χ4v) is 4.82. The van der Waals surface area contributed by atoms with Crippen LogP contribution in [0, 0.1) is 11.8 Å². The highest BCUT2D eigenvalue weighted by molar-refractivity contribution is 6.10. The summed E-state index contributed by atoms with van der Waals surface area (Å²) in [6.07, 6.45) is -3.18. The lowest BCUT2D eigenvalue weighted by Crippen LogP contribution is -2.57. The molecule has 9 heteroatoms. The summed E-state index contributed by atoms with van der Waals surface area (Å²) in [6.45, 7) is 6.97. The minimum atomic E-state index is -4.52. The minimum absolute atomic E-state index is 0.133. The largest absolute Gasteiger partial charge is 0.480 e. The van der Waals surface area contributed by atoms with Crippen molar-refractivity contribution in [2.45, 2.75) is 70.3 Å². The molecule has 2 saturated heterocycles. The summed E-state index contributed by atoms with van der Waals surface area (Å²) in [7, 11) is 0. The highest BCUT2D eigenvalue weighted by atomic mass is 19.4. The summed E-state index contributed by atoms with van der Waals surface area (Å²) in [5, 5.41) is 13.2. The molecule has 0 radical (unpaired) electrons. The minimum Gasteiger partial charge on any atom is -0.480 e. The number of amides is 2. The van der Waals surface area contributed by atoms with Gasteiger partial charge in [0.2, 0.25) is 11.8 Å². The van der Waals surface area contributed by atoms with E-state index in [2.05, 4.69) is 5.32 Å². The molecule has 2 N–H and O–H groups in total. The van der Waals surface area contributed by atoms with Gasteiger partial charge in [-0.2, -0.15) is 13.2 Å². The number of alkyl halides is 3. The van der Waals surface area contributed by atoms with E-state index in [4.69, 9.17) is 0 Å². The molecular weight excluding hydrogens is 413 g/mol. The van der Waals surface area contributed by atoms with Crippen molar-refractivity contribution in [3.63, 3.8) is 0 Å². The molecule has 2 aliphatic rings. The molecule has 31 heavy (non-hydrogen) atoms. The SMILES string of the molecule is CCCCC1(C(=O)O)NC(c2ccc(C(F)(F)F)cc2)C2C(=O)N(C(C)(C)C)C(=O)C21. The van der Waals surface area contributed by atoms with Gasteiger partial charge in [0.25, 0.3) is 0 Å². The summed E-state index contributed by atoms with van der Waals surface area (Å²) < 4.78 is 38.9. The van der Waals surface area contributed by atoms with Gasteiger partial charge in [0.15, 0.2) is 0 Å². The molecule has 4 unspecified atom stereocenters. The van der Waals surface area contributed by atoms with E-state index in [1.54, 1.807) is 20.8 Å². The Morgan fingerprint density at radius 2 is 1.71 bits per heavy atom. The van der Waals surface area contributed by atoms with Crippen LogP contribution >= 0.6 is 0 Å². The van der Waals surface area contributed by atoms with E-state index in [1.165, 1.54) is 12.1 Å². The van der Waals surface area contributed by atoms with E-state index in [-0.39, 0.29) is 6.42 Å². The van der Waals surface area contributed by atoms with Crippen molar-refractivity contribution in [1.82, 2.24) is 10.2 Å². The third kappa shape index (κ3) is 3.73. The Balaban J connectivity index is 2.12. The van der Waals surface area contributed by atoms with E-state index in [1.807, 2.05) is 6.92 Å². The normalized spacial score (nSPS) is 28.9. The number of aliphatic carboxylic acids is 1. The van der Waals surface area contributed by atoms with Crippen LogP contribution in [0.25, 0.3) is 0 Å². The number of fused-ring (bicyclic) bond motifs is 1. The number of halogens is 3. The Labute approximate surface area is 178 Å². The number of nitrogens with zero attached hydrogens (tertiary/aromatic N) is 1. The molecule has 2 amide bonds. The smallest absolute Gasteiger partial charge is 0.416 e. The zero-order valence-electron chi connectivity index (χ0n) is 17.9. The predicted molar refractivity (Wildman–Crippen MR) is 106 cm³/mol. The van der Waals surface area contributed by atoms with Gasteiger partial charge < -0.3 is 5.11 Å². The molecule has 170 valence electrons. The average Bonchev–Trinajstić information content (AvgIpc) is 3.14. The number of hydrogen-bond acceptors (Lipinski definition) is 4. The van der Waals surface area contributed by atoms with E-state index in [0.717, 1.165) is 17.0 Å². The molecule has 1 aromatic carbocycles. The second kappa shape index (κ2) is 7.62. The molecule has 3 rings (SSSR count). The molecular formula is C22H27F3N2O4. The summed E-state index contributed by atoms with van der Waals surface area (Å²) >= 11 is 0. The molecule has 2 aliphatic heterocycles. The first kappa shape index (κ1) is 23.2. The van der Waals surface area contributed by atoms with Gasteiger partial charge in [-0.3, -0.25) is 24.6 Å². The van der Waals surface area contributed by atoms with Crippen LogP contribution in [0.4, 0.5) is 13.2 Å². The monoisotopic (exact) mass is 440 g/mol. The van der Waals surface area contributed by atoms with E-state index in [0.29, 0.717) is 18.4 Å². The third-order valence-electron chi connectivity index (χ3n) is 6.23. The van der Waals surface area contributed by atoms with Gasteiger partial charge in [0.1, 0.15) is 5.54 Å². The molecule has 0 aromatic heterocycles. The second-order valence-corrected chi connectivity index (χ2v) is 9.31. The molecule has 0 aliphatic carbocycles. The molecule has 2 heterocycles. The Bertz CT molecular complexity index is 892. The number of hydrogen-bond donors (Lipinski definition) is 2. The Morgan fingerprint density at radius 1 is 1.13 bits per heavy atom. The summed E-state index contributed by atoms with van der Waals surface area (Å²) in [5.74, 6) is -4.42. The van der Waals surface area contributed by atoms with Crippen molar-refractivity contribution in [2.75, 3.05) is 0 Å². The lowest BCUT2D eigenvalue weighted by atomic mass is 9.76. The molecule has 2 fully saturated rings. The number of imide groups is 1. The zero-order valence-corrected chi connectivity index (χ0v) is 17.9. The Hall–Kier alpha value is -2.42. The number of carbonyl (C=O) groups excluding carboxylic acids is 2. The Kier molecular flexibility index (Phi) is 5.71. The van der Waals surface area contributed by atoms with Crippen LogP contribution in [0.1, 0.15) is 64.1 Å². The van der Waals surface area contributed by atoms with Crippen LogP contribution in [0.3, 0.4) is 0 Å². The van der Waals surface area contributed by atoms with Crippen molar-refractivity contribution in [1.29, 1.82) is 0 Å². The fraction of sp³-hybridized carbons (Fsp3) is 0.591. The van der Waals surface area contributed by atoms with Crippen molar-refractivity contribution in [2.24, 2.45) is 11.8 Å². The van der Waals surface area contributed by atoms with Crippen LogP contribution in [-0.4, -0.2) is 38.9 Å². The maximum Gasteiger partial charge on any atom is 0.416 e. The van der Waals surface area contributed by atoms with E-state index >= 15 is 0 Å². The first-order valence-corrected chi connectivity index (χ1v) is 10.3. The van der Waals surface area contributed by atoms with Crippen LogP contribution in [0.5, 0.6) is 0 Å². The number of benzene rings is 1. The third-order valence-corrected chi connectivity index (χ3v) is 6.23. The topological polar surface area (TPSA) is 86.7 Å². The maximum absolute atomic E-state index is 13.3. The number of likely N-dealkylation sites (tertiary alicyclic amines) is 1. The molecule has 0 saturated carbocycles. The summed E-state index contributed by atoms with van der Waals surface area (Å²) in [6, 6.07) is 3.41. The lowest BCUT2D eigenvalue weighted by molar-refractivity contribution is -0.154. The van der Waals surface area contributed by atoms with Crippen molar-refractivity contribution in [3.8, 4) is 0 Å². The maximum atomic E-state index is 13.3. The van der Waals surface area contributed by atoms with Gasteiger partial charge in [-0.05, 0) is 44.9 Å². The van der Waals surface area contributed by atoms with Crippen molar-refractivity contribution >= 4 is 17.8 Å². The van der Waals surface area contributed by atoms with Crippen molar-refractivity contribution < 1.29 is 32.7 Å². The Morgan fingerprint density at radius 3 is 2.16 bits per heavy atom. The van der Waals surface area contributed by atoms with Gasteiger partial charge in [0, 0.05) is 11.6 Å². The number of carboxylic acid groups (broad SMARTS) is 1. The average molecular weight is 440 g/mol. The van der Waals surface area contributed by atoms with Gasteiger partial charge in [-0.1, -0.05) is 31.9 Å². The predicted octanol–water partition coefficient (Wildman–Crippen LogP) is 3.76. The number of unbranched alkanes of at least 4 members (excludes halogenated alkanes) is 1. The summed E-state index contributed by atoms with van der Waals surface area (Å²) in [4.78, 5) is 40.2. The first-order chi connectivity index (χ1) is 14.3. The number of nitrogens with one attached hydrogen (secondary N) is 1. The number of carboxylic acids is 1. The van der Waals surface area contributed by atoms with E-state index in [9.17, 15) is 32.7 Å². The summed E-state index contributed by atoms with van der Waals surface area (Å²) in [5.41, 5.74) is -3.01. The second-order valence-electron chi connectivity index (χ2n) is 9.31. The van der Waals surface area contributed by atoms with Gasteiger partial charge >= 0.3 is 12.1 Å². The fourth-order valence-electron chi connectivity index (χ4n) is 4.82. The van der Waals surface area contributed by atoms with Gasteiger partial charge in [-0.25, -0.2) is 0 Å². The molecule has 4 atom stereocenters. The number of rotatable bonds is 5. The van der Waals surface area contributed by atoms with Gasteiger partial charge in [-0.15, -0.1) is 0 Å². The van der Waals surface area contributed by atoms with Crippen LogP contribution < -0.4 is 5.32 Å². The van der Waals surface area contributed by atoms with Gasteiger partial charge in [0.05, 0.1) is 17.4 Å². The molecule has 6 nitrogen and oxygen atoms in total. The van der Waals surface area contributed by atoms with E-state index < -0.39 is 58.5 Å². The molecule has 1 aromatic rings. The molecule has 0 bridgehead atoms. The first-order valence-electron chi connectivity index (χ1n) is 10.3. The lowest BCUT2D eigenvalue weighted by Gasteiger charge is -2.35. The molecule has 0 spiro atoms. The van der Waals surface area contributed by atoms with Crippen LogP contribution in [0.15, 0.2) is 24.3 Å². The number of carbonyl (C=O) groups is 3. The van der Waals surface area contributed by atoms with Crippen LogP contribution in [-0.2, 0) is 20.6 Å².